The molecule has 6 N–H and O–H groups in total. The van der Waals surface area contributed by atoms with Crippen LogP contribution in [-0.4, -0.2) is 44.6 Å². The molecule has 0 fully saturated rings. The number of hydrogen-bond donors (Lipinski definition) is 6. The summed E-state index contributed by atoms with van der Waals surface area (Å²) in [7, 11) is 3.18. The lowest BCUT2D eigenvalue weighted by Gasteiger charge is -2.10. The Balaban J connectivity index is 0.000000162. The Morgan fingerprint density at radius 2 is 0.923 bits per heavy atom. The third-order valence-corrected chi connectivity index (χ3v) is 10.2. The van der Waals surface area contributed by atoms with E-state index >= 15 is 0 Å². The molecule has 0 aliphatic heterocycles. The van der Waals surface area contributed by atoms with Crippen LogP contribution in [-0.2, 0) is 0 Å². The van der Waals surface area contributed by atoms with E-state index < -0.39 is 0 Å². The standard InChI is InChI=1S/C21H17NO4S.C19H13NO4S/c1-25-14-8-13(9-15(10-14)26-2)16-11-27-21-18(16)19(23)17(20(24)22-21)12-6-4-3-5-7-12;21-12-6-11(7-13(22)8-12)14-9-25-19-16(14)17(23)15(18(24)20-19)10-4-2-1-3-5-10/h3-11H,1-2H3,(H2,22,23,24);1-9,21-22H,(H2,20,23,24). The molecule has 8 aromatic rings. The van der Waals surface area contributed by atoms with Crippen LogP contribution in [0.3, 0.4) is 0 Å². The van der Waals surface area contributed by atoms with Crippen molar-refractivity contribution < 1.29 is 29.9 Å². The first-order chi connectivity index (χ1) is 25.2. The van der Waals surface area contributed by atoms with Gasteiger partial charge in [0.15, 0.2) is 0 Å². The number of pyridine rings is 2. The van der Waals surface area contributed by atoms with Crippen LogP contribution < -0.4 is 20.6 Å². The van der Waals surface area contributed by atoms with Gasteiger partial charge < -0.3 is 39.9 Å². The minimum atomic E-state index is -0.372. The summed E-state index contributed by atoms with van der Waals surface area (Å²) in [5.41, 5.74) is 3.85. The molecule has 0 atom stereocenters. The lowest BCUT2D eigenvalue weighted by molar-refractivity contribution is 0.394. The minimum Gasteiger partial charge on any atom is -0.508 e. The number of methoxy groups -OCH3 is 2. The van der Waals surface area contributed by atoms with E-state index in [-0.39, 0.29) is 45.2 Å². The predicted molar refractivity (Wildman–Crippen MR) is 206 cm³/mol. The Hall–Kier alpha value is -6.50. The zero-order valence-corrected chi connectivity index (χ0v) is 29.3. The number of aromatic nitrogens is 2. The molecular formula is C40H30N2O8S2. The topological polar surface area (TPSA) is 165 Å². The number of rotatable bonds is 6. The fourth-order valence-electron chi connectivity index (χ4n) is 6.05. The lowest BCUT2D eigenvalue weighted by atomic mass is 10.0. The summed E-state index contributed by atoms with van der Waals surface area (Å²) in [5, 5.41) is 46.0. The first-order valence-corrected chi connectivity index (χ1v) is 17.5. The van der Waals surface area contributed by atoms with Crippen molar-refractivity contribution in [3.63, 3.8) is 0 Å². The van der Waals surface area contributed by atoms with Crippen LogP contribution in [0.5, 0.6) is 34.5 Å². The molecule has 0 aliphatic carbocycles. The maximum Gasteiger partial charge on any atom is 0.260 e. The summed E-state index contributed by atoms with van der Waals surface area (Å²) < 4.78 is 10.7. The minimum absolute atomic E-state index is 0.0296. The predicted octanol–water partition coefficient (Wildman–Crippen LogP) is 8.69. The van der Waals surface area contributed by atoms with Gasteiger partial charge in [0.1, 0.15) is 44.2 Å². The monoisotopic (exact) mass is 730 g/mol. The van der Waals surface area contributed by atoms with Crippen molar-refractivity contribution in [1.29, 1.82) is 0 Å². The molecule has 0 saturated heterocycles. The van der Waals surface area contributed by atoms with Crippen LogP contribution >= 0.6 is 22.7 Å². The van der Waals surface area contributed by atoms with Crippen LogP contribution in [0.1, 0.15) is 0 Å². The number of phenolic OH excluding ortho intramolecular Hbond substituents is 2. The van der Waals surface area contributed by atoms with Gasteiger partial charge in [0.2, 0.25) is 0 Å². The van der Waals surface area contributed by atoms with Crippen molar-refractivity contribution >= 4 is 43.1 Å². The molecule has 52 heavy (non-hydrogen) atoms. The molecule has 0 saturated carbocycles. The van der Waals surface area contributed by atoms with Crippen molar-refractivity contribution in [1.82, 2.24) is 9.97 Å². The quantitative estimate of drug-likeness (QED) is 0.0989. The van der Waals surface area contributed by atoms with Gasteiger partial charge in [-0.05, 0) is 46.5 Å². The SMILES string of the molecule is COc1cc(OC)cc(-c2csc3[nH]c(=O)c(-c4ccccc4)c(O)c23)c1.O=c1[nH]c2scc(-c3cc(O)cc(O)c3)c2c(O)c1-c1ccccc1. The molecule has 0 radical (unpaired) electrons. The Morgan fingerprint density at radius 1 is 0.519 bits per heavy atom. The Bertz CT molecular complexity index is 2660. The zero-order valence-electron chi connectivity index (χ0n) is 27.6. The number of ether oxygens (including phenoxy) is 2. The van der Waals surface area contributed by atoms with E-state index in [1.165, 1.54) is 40.9 Å². The van der Waals surface area contributed by atoms with Gasteiger partial charge in [0.05, 0.1) is 36.1 Å². The Kier molecular flexibility index (Phi) is 9.16. The van der Waals surface area contributed by atoms with E-state index in [2.05, 4.69) is 9.97 Å². The summed E-state index contributed by atoms with van der Waals surface area (Å²) in [4.78, 5) is 31.8. The molecule has 0 unspecified atom stereocenters. The van der Waals surface area contributed by atoms with Crippen LogP contribution in [0.15, 0.2) is 117 Å². The van der Waals surface area contributed by atoms with Gasteiger partial charge in [-0.2, -0.15) is 0 Å². The van der Waals surface area contributed by atoms with Crippen molar-refractivity contribution in [2.75, 3.05) is 14.2 Å². The summed E-state index contributed by atoms with van der Waals surface area (Å²) in [6.45, 7) is 0. The maximum absolute atomic E-state index is 12.6. The van der Waals surface area contributed by atoms with E-state index in [4.69, 9.17) is 9.47 Å². The van der Waals surface area contributed by atoms with Crippen LogP contribution in [0, 0.1) is 0 Å². The number of fused-ring (bicyclic) bond motifs is 2. The first kappa shape index (κ1) is 34.0. The van der Waals surface area contributed by atoms with Gasteiger partial charge in [0.25, 0.3) is 11.1 Å². The van der Waals surface area contributed by atoms with Crippen molar-refractivity contribution in [2.45, 2.75) is 0 Å². The molecule has 4 heterocycles. The molecule has 0 amide bonds. The number of phenols is 2. The Morgan fingerprint density at radius 3 is 1.33 bits per heavy atom. The van der Waals surface area contributed by atoms with Crippen molar-refractivity contribution in [3.05, 3.63) is 129 Å². The van der Waals surface area contributed by atoms with E-state index in [1.807, 2.05) is 41.8 Å². The molecule has 12 heteroatoms. The number of aromatic amines is 2. The highest BCUT2D eigenvalue weighted by molar-refractivity contribution is 7.17. The lowest BCUT2D eigenvalue weighted by Crippen LogP contribution is -2.08. The smallest absolute Gasteiger partial charge is 0.260 e. The number of thiophene rings is 2. The zero-order chi connectivity index (χ0) is 36.5. The maximum atomic E-state index is 12.6. The van der Waals surface area contributed by atoms with E-state index in [9.17, 15) is 30.0 Å². The number of H-pyrrole nitrogens is 2. The molecule has 8 rings (SSSR count). The Labute approximate surface area is 303 Å². The third kappa shape index (κ3) is 6.32. The highest BCUT2D eigenvalue weighted by Gasteiger charge is 2.21. The van der Waals surface area contributed by atoms with E-state index in [0.717, 1.165) is 11.1 Å². The van der Waals surface area contributed by atoms with Gasteiger partial charge in [-0.3, -0.25) is 9.59 Å². The number of benzene rings is 4. The number of aromatic hydroxyl groups is 4. The fourth-order valence-corrected chi connectivity index (χ4v) is 7.98. The number of hydrogen-bond acceptors (Lipinski definition) is 10. The van der Waals surface area contributed by atoms with E-state index in [0.29, 0.717) is 54.2 Å². The summed E-state index contributed by atoms with van der Waals surface area (Å²) in [6.07, 6.45) is 0. The number of nitrogens with one attached hydrogen (secondary N) is 2. The van der Waals surface area contributed by atoms with Gasteiger partial charge in [-0.1, -0.05) is 60.7 Å². The van der Waals surface area contributed by atoms with Crippen LogP contribution in [0.25, 0.3) is 64.9 Å². The second kappa shape index (κ2) is 14.0. The molecule has 4 aromatic heterocycles. The van der Waals surface area contributed by atoms with Crippen LogP contribution in [0.4, 0.5) is 0 Å². The molecule has 0 bridgehead atoms. The second-order valence-electron chi connectivity index (χ2n) is 11.6. The van der Waals surface area contributed by atoms with Gasteiger partial charge in [-0.25, -0.2) is 0 Å². The molecule has 260 valence electrons. The van der Waals surface area contributed by atoms with Gasteiger partial charge in [-0.15, -0.1) is 22.7 Å². The summed E-state index contributed by atoms with van der Waals surface area (Å²) in [5.74, 6) is 0.983. The van der Waals surface area contributed by atoms with E-state index in [1.54, 1.807) is 62.1 Å². The average molecular weight is 731 g/mol. The van der Waals surface area contributed by atoms with Gasteiger partial charge >= 0.3 is 0 Å². The highest BCUT2D eigenvalue weighted by Crippen LogP contribution is 2.44. The fraction of sp³-hybridized carbons (Fsp3) is 0.0500. The molecule has 0 spiro atoms. The van der Waals surface area contributed by atoms with Crippen LogP contribution in [0.2, 0.25) is 0 Å². The van der Waals surface area contributed by atoms with Gasteiger partial charge in [0, 0.05) is 34.0 Å². The molecular weight excluding hydrogens is 701 g/mol. The molecule has 10 nitrogen and oxygen atoms in total. The summed E-state index contributed by atoms with van der Waals surface area (Å²) in [6, 6.07) is 27.8. The first-order valence-electron chi connectivity index (χ1n) is 15.8. The molecule has 4 aromatic carbocycles. The highest BCUT2D eigenvalue weighted by atomic mass is 32.1. The second-order valence-corrected chi connectivity index (χ2v) is 13.4. The molecule has 0 aliphatic rings. The normalized spacial score (nSPS) is 11.0. The van der Waals surface area contributed by atoms with Crippen molar-refractivity contribution in [3.8, 4) is 79.0 Å². The largest absolute Gasteiger partial charge is 0.508 e. The van der Waals surface area contributed by atoms with Crippen molar-refractivity contribution in [2.24, 2.45) is 0 Å². The summed E-state index contributed by atoms with van der Waals surface area (Å²) >= 11 is 2.64. The third-order valence-electron chi connectivity index (χ3n) is 8.44. The average Bonchev–Trinajstić information content (AvgIpc) is 3.77.